The molecule has 3 rings (SSSR count). The van der Waals surface area contributed by atoms with Crippen molar-refractivity contribution in [3.05, 3.63) is 0 Å². The Bertz CT molecular complexity index is 799. The zero-order valence-electron chi connectivity index (χ0n) is 21.5. The van der Waals surface area contributed by atoms with Gasteiger partial charge in [0.2, 0.25) is 5.91 Å². The molecule has 0 bridgehead atoms. The first-order valence-electron chi connectivity index (χ1n) is 12.9. The number of carbonyl (C=O) groups excluding carboxylic acids is 1. The van der Waals surface area contributed by atoms with Crippen LogP contribution in [0.15, 0.2) is 0 Å². The van der Waals surface area contributed by atoms with Crippen molar-refractivity contribution < 1.29 is 59.5 Å². The van der Waals surface area contributed by atoms with Gasteiger partial charge in [0, 0.05) is 12.1 Å². The lowest BCUT2D eigenvalue weighted by molar-refractivity contribution is -0.310. The maximum absolute atomic E-state index is 12.4. The minimum Gasteiger partial charge on any atom is -0.394 e. The Morgan fingerprint density at radius 3 is 2.18 bits per heavy atom. The molecule has 0 radical (unpaired) electrons. The Balaban J connectivity index is 1.85. The third-order valence-corrected chi connectivity index (χ3v) is 7.38. The molecule has 1 saturated carbocycles. The smallest absolute Gasteiger partial charge is 0.249 e. The fraction of sp³-hybridized carbons (Fsp3) is 0.955. The molecule has 3 fully saturated rings. The molecule has 228 valence electrons. The second-order valence-corrected chi connectivity index (χ2v) is 10.4. The Hall–Kier alpha value is -1.13. The monoisotopic (exact) mass is 569 g/mol. The number of ether oxygens (including phenoxy) is 4. The van der Waals surface area contributed by atoms with Crippen LogP contribution in [0.5, 0.6) is 0 Å². The van der Waals surface area contributed by atoms with E-state index in [2.05, 4.69) is 5.32 Å². The van der Waals surface area contributed by atoms with Crippen LogP contribution in [-0.2, 0) is 23.7 Å². The minimum absolute atomic E-state index is 0.0257. The van der Waals surface area contributed by atoms with Gasteiger partial charge in [-0.05, 0) is 26.3 Å². The minimum atomic E-state index is -1.57. The predicted octanol–water partition coefficient (Wildman–Crippen LogP) is -7.40. The first-order chi connectivity index (χ1) is 18.3. The molecule has 0 aromatic heterocycles. The third-order valence-electron chi connectivity index (χ3n) is 7.38. The highest BCUT2D eigenvalue weighted by Gasteiger charge is 2.53. The third kappa shape index (κ3) is 7.03. The quantitative estimate of drug-likeness (QED) is 0.116. The maximum atomic E-state index is 12.4. The van der Waals surface area contributed by atoms with Gasteiger partial charge in [0.05, 0.1) is 18.7 Å². The number of aliphatic hydroxyl groups excluding tert-OH is 7. The molecule has 1 amide bonds. The number of rotatable bonds is 10. The number of amides is 1. The molecule has 3 aliphatic rings. The summed E-state index contributed by atoms with van der Waals surface area (Å²) in [6.45, 7) is 0.930. The lowest BCUT2D eigenvalue weighted by Crippen LogP contribution is -2.69. The Morgan fingerprint density at radius 2 is 1.62 bits per heavy atom. The van der Waals surface area contributed by atoms with Crippen LogP contribution < -0.4 is 28.3 Å². The van der Waals surface area contributed by atoms with E-state index in [1.807, 2.05) is 0 Å². The van der Waals surface area contributed by atoms with Gasteiger partial charge in [-0.1, -0.05) is 0 Å². The van der Waals surface area contributed by atoms with Crippen LogP contribution in [0.3, 0.4) is 0 Å². The average molecular weight is 570 g/mol. The predicted molar refractivity (Wildman–Crippen MR) is 130 cm³/mol. The summed E-state index contributed by atoms with van der Waals surface area (Å²) in [5, 5.41) is 74.5. The van der Waals surface area contributed by atoms with Crippen molar-refractivity contribution in [2.45, 2.75) is 118 Å². The molecule has 16 N–H and O–H groups in total. The van der Waals surface area contributed by atoms with E-state index in [9.17, 15) is 40.5 Å². The summed E-state index contributed by atoms with van der Waals surface area (Å²) in [6.07, 6.45) is -17.0. The Labute approximate surface area is 224 Å². The molecule has 2 aliphatic heterocycles. The molecule has 16 atom stereocenters. The van der Waals surface area contributed by atoms with Gasteiger partial charge in [-0.25, -0.2) is 0 Å². The first-order valence-corrected chi connectivity index (χ1v) is 12.9. The molecule has 1 aliphatic carbocycles. The summed E-state index contributed by atoms with van der Waals surface area (Å²) in [4.78, 5) is 12.4. The van der Waals surface area contributed by atoms with Gasteiger partial charge in [-0.3, -0.25) is 4.79 Å². The first kappa shape index (κ1) is 32.4. The molecule has 39 heavy (non-hydrogen) atoms. The van der Waals surface area contributed by atoms with Crippen molar-refractivity contribution in [2.24, 2.45) is 22.9 Å². The highest BCUT2D eigenvalue weighted by molar-refractivity contribution is 5.80. The molecule has 17 heteroatoms. The number of carbonyl (C=O) groups is 1. The highest BCUT2D eigenvalue weighted by atomic mass is 16.7. The Kier molecular flexibility index (Phi) is 11.4. The summed E-state index contributed by atoms with van der Waals surface area (Å²) in [5.41, 5.74) is 23.6. The van der Waals surface area contributed by atoms with Crippen LogP contribution in [-0.4, -0.2) is 153 Å². The van der Waals surface area contributed by atoms with Crippen molar-refractivity contribution in [2.75, 3.05) is 13.2 Å². The number of nitrogens with two attached hydrogens (primary N) is 4. The van der Waals surface area contributed by atoms with Crippen LogP contribution >= 0.6 is 0 Å². The molecule has 17 nitrogen and oxygen atoms in total. The lowest BCUT2D eigenvalue weighted by atomic mass is 9.83. The molecular formula is C22H43N5O12. The molecule has 0 unspecified atom stereocenters. The second kappa shape index (κ2) is 13.7. The second-order valence-electron chi connectivity index (χ2n) is 10.4. The van der Waals surface area contributed by atoms with Crippen molar-refractivity contribution in [3.8, 4) is 0 Å². The summed E-state index contributed by atoms with van der Waals surface area (Å²) in [7, 11) is 0. The van der Waals surface area contributed by atoms with Crippen LogP contribution in [0, 0.1) is 0 Å². The molecule has 0 spiro atoms. The SMILES string of the molecule is C[C@H](N)[C@H]1O[C@@H](O[C@@H]2[C@@H](O)[C@H](NC(=O)[C@@H](O)CCN)C[C@H](N)[C@H]2O[C@H]2O[C@H](CO)[C@@H](O)[C@H](O)[C@H]2N)[C@H](O)[C@@H]1O. The fourth-order valence-electron chi connectivity index (χ4n) is 5.04. The van der Waals surface area contributed by atoms with Crippen LogP contribution in [0.2, 0.25) is 0 Å². The van der Waals surface area contributed by atoms with E-state index in [1.54, 1.807) is 6.92 Å². The average Bonchev–Trinajstić information content (AvgIpc) is 3.17. The van der Waals surface area contributed by atoms with E-state index >= 15 is 0 Å². The van der Waals surface area contributed by atoms with Crippen LogP contribution in [0.25, 0.3) is 0 Å². The van der Waals surface area contributed by atoms with Gasteiger partial charge < -0.3 is 82.9 Å². The van der Waals surface area contributed by atoms with Gasteiger partial charge in [0.1, 0.15) is 61.0 Å². The van der Waals surface area contributed by atoms with Gasteiger partial charge >= 0.3 is 0 Å². The van der Waals surface area contributed by atoms with Crippen LogP contribution in [0.1, 0.15) is 19.8 Å². The van der Waals surface area contributed by atoms with Gasteiger partial charge in [0.15, 0.2) is 12.6 Å². The normalized spacial score (nSPS) is 46.6. The summed E-state index contributed by atoms with van der Waals surface area (Å²) >= 11 is 0. The molecule has 2 heterocycles. The summed E-state index contributed by atoms with van der Waals surface area (Å²) < 4.78 is 22.9. The van der Waals surface area contributed by atoms with Crippen LogP contribution in [0.4, 0.5) is 0 Å². The molecule has 0 aromatic rings. The van der Waals surface area contributed by atoms with E-state index in [-0.39, 0.29) is 19.4 Å². The van der Waals surface area contributed by atoms with Gasteiger partial charge in [0.25, 0.3) is 0 Å². The zero-order chi connectivity index (χ0) is 29.2. The molecular weight excluding hydrogens is 526 g/mol. The number of aliphatic hydroxyl groups is 7. The van der Waals surface area contributed by atoms with E-state index in [1.165, 1.54) is 0 Å². The van der Waals surface area contributed by atoms with E-state index in [4.69, 9.17) is 41.9 Å². The maximum Gasteiger partial charge on any atom is 0.249 e. The highest BCUT2D eigenvalue weighted by Crippen LogP contribution is 2.33. The molecule has 0 aromatic carbocycles. The largest absolute Gasteiger partial charge is 0.394 e. The van der Waals surface area contributed by atoms with Crippen molar-refractivity contribution >= 4 is 5.91 Å². The fourth-order valence-corrected chi connectivity index (χ4v) is 5.04. The van der Waals surface area contributed by atoms with Crippen molar-refractivity contribution in [3.63, 3.8) is 0 Å². The molecule has 2 saturated heterocycles. The summed E-state index contributed by atoms with van der Waals surface area (Å²) in [5.74, 6) is -0.806. The van der Waals surface area contributed by atoms with Gasteiger partial charge in [-0.15, -0.1) is 0 Å². The standard InChI is InChI=1S/C22H43N5O12/c1-6(24)17-15(33)16(34)22(37-17)39-19-12(30)8(27-20(35)9(29)2-3-23)4-7(25)18(19)38-21-11(26)14(32)13(31)10(5-28)36-21/h6-19,21-22,28-34H,2-5,23-26H2,1H3,(H,27,35)/t6-,7-,8+,9-,10+,11+,12-,13+,14+,15-,16+,17+,18+,19+,21+,22-/m0/s1. The topological polar surface area (TPSA) is 312 Å². The van der Waals surface area contributed by atoms with Crippen molar-refractivity contribution in [1.29, 1.82) is 0 Å². The summed E-state index contributed by atoms with van der Waals surface area (Å²) in [6, 6.07) is -4.04. The lowest BCUT2D eigenvalue weighted by Gasteiger charge is -2.47. The number of hydrogen-bond acceptors (Lipinski definition) is 16. The zero-order valence-corrected chi connectivity index (χ0v) is 21.5. The number of hydrogen-bond donors (Lipinski definition) is 12. The van der Waals surface area contributed by atoms with Gasteiger partial charge in [-0.2, -0.15) is 0 Å². The van der Waals surface area contributed by atoms with Crippen molar-refractivity contribution in [1.82, 2.24) is 5.32 Å². The van der Waals surface area contributed by atoms with E-state index < -0.39 is 110 Å². The Morgan fingerprint density at radius 1 is 0.974 bits per heavy atom. The van der Waals surface area contributed by atoms with E-state index in [0.29, 0.717) is 0 Å². The van der Waals surface area contributed by atoms with E-state index in [0.717, 1.165) is 0 Å². The number of nitrogens with one attached hydrogen (secondary N) is 1.